The summed E-state index contributed by atoms with van der Waals surface area (Å²) in [7, 11) is 0. The smallest absolute Gasteiger partial charge is 0.347 e. The van der Waals surface area contributed by atoms with Crippen LogP contribution in [0.2, 0.25) is 0 Å². The Labute approximate surface area is 293 Å². The average molecular weight is 664 g/mol. The third-order valence-electron chi connectivity index (χ3n) is 8.49. The number of carbonyl (C=O) groups is 1. The first-order chi connectivity index (χ1) is 24.5. The largest absolute Gasteiger partial charge is 0.507 e. The van der Waals surface area contributed by atoms with Crippen LogP contribution < -0.4 is 4.74 Å². The second-order valence-corrected chi connectivity index (χ2v) is 12.1. The molecule has 1 atom stereocenters. The number of hydrogen-bond donors (Lipinski definition) is 1. The Kier molecular flexibility index (Phi) is 11.3. The fraction of sp³-hybridized carbons (Fsp3) is 0.209. The molecule has 0 saturated heterocycles. The minimum absolute atomic E-state index is 0.0713. The first-order valence-electron chi connectivity index (χ1n) is 17.3. The summed E-state index contributed by atoms with van der Waals surface area (Å²) in [6.07, 6.45) is 3.82. The van der Waals surface area contributed by atoms with Crippen LogP contribution in [-0.4, -0.2) is 38.7 Å². The quantitative estimate of drug-likeness (QED) is 0.0915. The van der Waals surface area contributed by atoms with Gasteiger partial charge in [-0.3, -0.25) is 0 Å². The zero-order valence-electron chi connectivity index (χ0n) is 28.5. The van der Waals surface area contributed by atoms with Crippen molar-refractivity contribution in [1.29, 1.82) is 0 Å². The van der Waals surface area contributed by atoms with Crippen LogP contribution in [-0.2, 0) is 9.53 Å². The Balaban J connectivity index is 1.34. The van der Waals surface area contributed by atoms with Gasteiger partial charge in [0.15, 0.2) is 23.6 Å². The third-order valence-corrected chi connectivity index (χ3v) is 8.49. The van der Waals surface area contributed by atoms with Crippen molar-refractivity contribution >= 4 is 5.97 Å². The predicted molar refractivity (Wildman–Crippen MR) is 198 cm³/mol. The Morgan fingerprint density at radius 3 is 1.60 bits per heavy atom. The van der Waals surface area contributed by atoms with Crippen LogP contribution in [0.5, 0.6) is 11.5 Å². The lowest BCUT2D eigenvalue weighted by molar-refractivity contribution is -0.151. The molecule has 1 aromatic heterocycles. The summed E-state index contributed by atoms with van der Waals surface area (Å²) >= 11 is 0. The topological polar surface area (TPSA) is 94.4 Å². The highest BCUT2D eigenvalue weighted by atomic mass is 16.6. The maximum atomic E-state index is 12.7. The lowest BCUT2D eigenvalue weighted by atomic mass is 10.0. The maximum absolute atomic E-state index is 12.7. The summed E-state index contributed by atoms with van der Waals surface area (Å²) in [6, 6.07) is 41.5. The van der Waals surface area contributed by atoms with E-state index in [2.05, 4.69) is 31.2 Å². The fourth-order valence-corrected chi connectivity index (χ4v) is 5.79. The summed E-state index contributed by atoms with van der Waals surface area (Å²) in [5.74, 6) is 1.16. The van der Waals surface area contributed by atoms with Crippen molar-refractivity contribution in [2.45, 2.75) is 52.1 Å². The lowest BCUT2D eigenvalue weighted by Crippen LogP contribution is -2.29. The Morgan fingerprint density at radius 2 is 1.10 bits per heavy atom. The van der Waals surface area contributed by atoms with E-state index in [1.807, 2.05) is 84.9 Å². The van der Waals surface area contributed by atoms with Gasteiger partial charge in [0, 0.05) is 17.2 Å². The van der Waals surface area contributed by atoms with Gasteiger partial charge in [0.1, 0.15) is 11.5 Å². The Hall–Kier alpha value is -5.82. The zero-order chi connectivity index (χ0) is 34.7. The van der Waals surface area contributed by atoms with E-state index in [0.29, 0.717) is 35.2 Å². The van der Waals surface area contributed by atoms with Crippen LogP contribution in [0.3, 0.4) is 0 Å². The molecule has 1 N–H and O–H groups in total. The van der Waals surface area contributed by atoms with Crippen LogP contribution in [0.25, 0.3) is 56.4 Å². The average Bonchev–Trinajstić information content (AvgIpc) is 3.17. The molecular formula is C43H41N3O4. The number of nitrogens with zero attached hydrogens (tertiary/aromatic N) is 3. The van der Waals surface area contributed by atoms with Gasteiger partial charge >= 0.3 is 5.97 Å². The molecule has 1 heterocycles. The number of unbranched alkanes of at least 4 members (excludes halogenated alkanes) is 3. The molecule has 6 rings (SSSR count). The molecule has 50 heavy (non-hydrogen) atoms. The van der Waals surface area contributed by atoms with E-state index in [0.717, 1.165) is 59.1 Å². The molecule has 7 nitrogen and oxygen atoms in total. The highest BCUT2D eigenvalue weighted by molar-refractivity contribution is 5.76. The summed E-state index contributed by atoms with van der Waals surface area (Å²) in [4.78, 5) is 27.2. The molecule has 0 radical (unpaired) electrons. The van der Waals surface area contributed by atoms with Gasteiger partial charge in [-0.2, -0.15) is 0 Å². The molecule has 0 bridgehead atoms. The SMILES string of the molecule is CCCCCCC(Oc1ccc(-c2nc(-c3ccc(-c4ccccc4)cc3)nc(-c3ccc(-c4ccccc4)cc3)n2)c(O)c1)C(=O)OCC. The van der Waals surface area contributed by atoms with Gasteiger partial charge < -0.3 is 14.6 Å². The number of carbonyl (C=O) groups excluding carboxylic acids is 1. The van der Waals surface area contributed by atoms with E-state index in [9.17, 15) is 9.90 Å². The number of phenols is 1. The molecule has 0 fully saturated rings. The molecule has 0 aliphatic carbocycles. The summed E-state index contributed by atoms with van der Waals surface area (Å²) in [6.45, 7) is 4.19. The minimum Gasteiger partial charge on any atom is -0.507 e. The number of aromatic nitrogens is 3. The third kappa shape index (κ3) is 8.42. The number of ether oxygens (including phenoxy) is 2. The molecule has 0 aliphatic heterocycles. The highest BCUT2D eigenvalue weighted by Gasteiger charge is 2.23. The molecule has 0 spiro atoms. The molecule has 0 saturated carbocycles. The van der Waals surface area contributed by atoms with Crippen molar-refractivity contribution in [3.8, 4) is 67.9 Å². The minimum atomic E-state index is -0.759. The summed E-state index contributed by atoms with van der Waals surface area (Å²) < 4.78 is 11.4. The van der Waals surface area contributed by atoms with Gasteiger partial charge in [0.2, 0.25) is 0 Å². The molecule has 7 heteroatoms. The number of phenolic OH excluding ortho intramolecular Hbond substituents is 1. The molecule has 0 aliphatic rings. The van der Waals surface area contributed by atoms with E-state index < -0.39 is 12.1 Å². The molecule has 5 aromatic carbocycles. The van der Waals surface area contributed by atoms with E-state index >= 15 is 0 Å². The van der Waals surface area contributed by atoms with Crippen molar-refractivity contribution in [2.24, 2.45) is 0 Å². The lowest BCUT2D eigenvalue weighted by Gasteiger charge is -2.18. The second-order valence-electron chi connectivity index (χ2n) is 12.1. The van der Waals surface area contributed by atoms with Gasteiger partial charge in [0.25, 0.3) is 0 Å². The number of aromatic hydroxyl groups is 1. The van der Waals surface area contributed by atoms with Gasteiger partial charge in [0.05, 0.1) is 12.2 Å². The summed E-state index contributed by atoms with van der Waals surface area (Å²) in [5.41, 5.74) is 6.45. The van der Waals surface area contributed by atoms with E-state index in [1.54, 1.807) is 19.1 Å². The fourth-order valence-electron chi connectivity index (χ4n) is 5.79. The normalized spacial score (nSPS) is 11.6. The monoisotopic (exact) mass is 663 g/mol. The van der Waals surface area contributed by atoms with Gasteiger partial charge in [-0.05, 0) is 54.2 Å². The Morgan fingerprint density at radius 1 is 0.600 bits per heavy atom. The first-order valence-corrected chi connectivity index (χ1v) is 17.3. The number of hydrogen-bond acceptors (Lipinski definition) is 7. The van der Waals surface area contributed by atoms with Crippen LogP contribution >= 0.6 is 0 Å². The van der Waals surface area contributed by atoms with Gasteiger partial charge in [-0.1, -0.05) is 135 Å². The molecule has 0 amide bonds. The van der Waals surface area contributed by atoms with Gasteiger partial charge in [-0.25, -0.2) is 19.7 Å². The van der Waals surface area contributed by atoms with E-state index in [-0.39, 0.29) is 12.4 Å². The first kappa shape index (κ1) is 34.1. The van der Waals surface area contributed by atoms with Crippen molar-refractivity contribution < 1.29 is 19.4 Å². The Bertz CT molecular complexity index is 1900. The van der Waals surface area contributed by atoms with Crippen LogP contribution in [0, 0.1) is 0 Å². The second kappa shape index (κ2) is 16.5. The van der Waals surface area contributed by atoms with Crippen molar-refractivity contribution in [2.75, 3.05) is 6.61 Å². The highest BCUT2D eigenvalue weighted by Crippen LogP contribution is 2.34. The molecule has 252 valence electrons. The van der Waals surface area contributed by atoms with Crippen LogP contribution in [0.15, 0.2) is 127 Å². The molecule has 6 aromatic rings. The van der Waals surface area contributed by atoms with E-state index in [1.165, 1.54) is 6.07 Å². The van der Waals surface area contributed by atoms with Crippen LogP contribution in [0.1, 0.15) is 46.0 Å². The molecular weight excluding hydrogens is 622 g/mol. The van der Waals surface area contributed by atoms with Gasteiger partial charge in [-0.15, -0.1) is 0 Å². The maximum Gasteiger partial charge on any atom is 0.347 e. The zero-order valence-corrected chi connectivity index (χ0v) is 28.5. The van der Waals surface area contributed by atoms with Crippen LogP contribution in [0.4, 0.5) is 0 Å². The van der Waals surface area contributed by atoms with Crippen molar-refractivity contribution in [3.05, 3.63) is 127 Å². The van der Waals surface area contributed by atoms with Crippen molar-refractivity contribution in [1.82, 2.24) is 15.0 Å². The summed E-state index contributed by atoms with van der Waals surface area (Å²) in [5, 5.41) is 11.3. The molecule has 1 unspecified atom stereocenters. The predicted octanol–water partition coefficient (Wildman–Crippen LogP) is 10.2. The number of rotatable bonds is 14. The van der Waals surface area contributed by atoms with E-state index in [4.69, 9.17) is 24.4 Å². The number of benzene rings is 5. The standard InChI is InChI=1S/C43H41N3O4/c1-3-5-6-13-18-39(43(48)49-4-2)50-36-27-28-37(38(47)29-36)42-45-40(34-23-19-32(20-24-34)30-14-9-7-10-15-30)44-41(46-42)35-25-21-33(22-26-35)31-16-11-8-12-17-31/h7-12,14-17,19-29,39,47H,3-6,13,18H2,1-2H3. The number of esters is 1. The van der Waals surface area contributed by atoms with Crippen molar-refractivity contribution in [3.63, 3.8) is 0 Å².